The summed E-state index contributed by atoms with van der Waals surface area (Å²) in [5, 5.41) is 3.45. The molecule has 1 saturated carbocycles. The number of rotatable bonds is 7. The van der Waals surface area contributed by atoms with Crippen LogP contribution in [0, 0.1) is 0 Å². The zero-order chi connectivity index (χ0) is 13.8. The molecule has 0 aliphatic heterocycles. The second-order valence-electron chi connectivity index (χ2n) is 4.84. The molecule has 4 nitrogen and oxygen atoms in total. The highest BCUT2D eigenvalue weighted by Gasteiger charge is 2.20. The molecule has 0 aromatic heterocycles. The van der Waals surface area contributed by atoms with Crippen LogP contribution in [0.15, 0.2) is 22.7 Å². The molecule has 0 saturated heterocycles. The zero-order valence-electron chi connectivity index (χ0n) is 11.0. The van der Waals surface area contributed by atoms with E-state index in [1.165, 1.54) is 18.4 Å². The van der Waals surface area contributed by atoms with Gasteiger partial charge in [-0.3, -0.25) is 4.79 Å². The van der Waals surface area contributed by atoms with Gasteiger partial charge in [-0.25, -0.2) is 0 Å². The van der Waals surface area contributed by atoms with Gasteiger partial charge in [-0.1, -0.05) is 13.0 Å². The van der Waals surface area contributed by atoms with Gasteiger partial charge >= 0.3 is 0 Å². The zero-order valence-corrected chi connectivity index (χ0v) is 12.6. The van der Waals surface area contributed by atoms with E-state index in [9.17, 15) is 4.79 Å². The smallest absolute Gasteiger partial charge is 0.258 e. The van der Waals surface area contributed by atoms with Gasteiger partial charge in [-0.2, -0.15) is 0 Å². The number of nitrogens with one attached hydrogen (secondary N) is 1. The van der Waals surface area contributed by atoms with E-state index in [0.29, 0.717) is 18.2 Å². The minimum Gasteiger partial charge on any atom is -0.479 e. The molecule has 3 N–H and O–H groups in total. The van der Waals surface area contributed by atoms with Crippen LogP contribution in [-0.4, -0.2) is 18.1 Å². The van der Waals surface area contributed by atoms with Crippen molar-refractivity contribution in [3.05, 3.63) is 28.2 Å². The summed E-state index contributed by atoms with van der Waals surface area (Å²) in [6.07, 6.45) is 2.54. The lowest BCUT2D eigenvalue weighted by Gasteiger charge is -2.16. The van der Waals surface area contributed by atoms with Crippen LogP contribution in [0.3, 0.4) is 0 Å². The standard InChI is InChI=1S/C14H19BrN2O2/c1-2-12(14(16)18)19-13-6-3-9(7-11(13)15)8-17-10-4-5-10/h3,6-7,10,12,17H,2,4-5,8H2,1H3,(H2,16,18). The van der Waals surface area contributed by atoms with Gasteiger partial charge in [0.2, 0.25) is 0 Å². The lowest BCUT2D eigenvalue weighted by atomic mass is 10.2. The molecule has 1 fully saturated rings. The first kappa shape index (κ1) is 14.3. The molecule has 0 heterocycles. The summed E-state index contributed by atoms with van der Waals surface area (Å²) in [6.45, 7) is 2.73. The maximum Gasteiger partial charge on any atom is 0.258 e. The topological polar surface area (TPSA) is 64.3 Å². The van der Waals surface area contributed by atoms with Crippen molar-refractivity contribution >= 4 is 21.8 Å². The Kier molecular flexibility index (Phi) is 4.82. The van der Waals surface area contributed by atoms with E-state index >= 15 is 0 Å². The molecule has 0 radical (unpaired) electrons. The Bertz CT molecular complexity index is 461. The molecule has 0 bridgehead atoms. The van der Waals surface area contributed by atoms with Crippen LogP contribution in [0.2, 0.25) is 0 Å². The minimum atomic E-state index is -0.577. The SMILES string of the molecule is CCC(Oc1ccc(CNC2CC2)cc1Br)C(N)=O. The first-order chi connectivity index (χ1) is 9.10. The second-order valence-corrected chi connectivity index (χ2v) is 5.69. The highest BCUT2D eigenvalue weighted by molar-refractivity contribution is 9.10. The molecular weight excluding hydrogens is 308 g/mol. The summed E-state index contributed by atoms with van der Waals surface area (Å²) in [7, 11) is 0. The highest BCUT2D eigenvalue weighted by Crippen LogP contribution is 2.28. The van der Waals surface area contributed by atoms with Crippen LogP contribution in [0.4, 0.5) is 0 Å². The normalized spacial score (nSPS) is 16.1. The first-order valence-electron chi connectivity index (χ1n) is 6.58. The fraction of sp³-hybridized carbons (Fsp3) is 0.500. The van der Waals surface area contributed by atoms with Crippen LogP contribution in [0.1, 0.15) is 31.7 Å². The fourth-order valence-electron chi connectivity index (χ4n) is 1.80. The van der Waals surface area contributed by atoms with Gasteiger partial charge in [-0.15, -0.1) is 0 Å². The first-order valence-corrected chi connectivity index (χ1v) is 7.37. The van der Waals surface area contributed by atoms with E-state index in [4.69, 9.17) is 10.5 Å². The summed E-state index contributed by atoms with van der Waals surface area (Å²) in [5.74, 6) is 0.217. The maximum atomic E-state index is 11.2. The third-order valence-electron chi connectivity index (χ3n) is 3.13. The lowest BCUT2D eigenvalue weighted by Crippen LogP contribution is -2.33. The Labute approximate surface area is 121 Å². The Balaban J connectivity index is 1.98. The van der Waals surface area contributed by atoms with Crippen LogP contribution in [0.25, 0.3) is 0 Å². The number of carbonyl (C=O) groups is 1. The van der Waals surface area contributed by atoms with Crippen molar-refractivity contribution in [3.8, 4) is 5.75 Å². The van der Waals surface area contributed by atoms with E-state index in [-0.39, 0.29) is 0 Å². The van der Waals surface area contributed by atoms with Crippen molar-refractivity contribution in [2.24, 2.45) is 5.73 Å². The van der Waals surface area contributed by atoms with Crippen molar-refractivity contribution in [3.63, 3.8) is 0 Å². The van der Waals surface area contributed by atoms with Crippen LogP contribution in [0.5, 0.6) is 5.75 Å². The number of hydrogen-bond acceptors (Lipinski definition) is 3. The Hall–Kier alpha value is -1.07. The van der Waals surface area contributed by atoms with E-state index in [0.717, 1.165) is 11.0 Å². The van der Waals surface area contributed by atoms with Crippen molar-refractivity contribution < 1.29 is 9.53 Å². The van der Waals surface area contributed by atoms with Crippen LogP contribution < -0.4 is 15.8 Å². The number of nitrogens with two attached hydrogens (primary N) is 1. The van der Waals surface area contributed by atoms with Crippen molar-refractivity contribution in [1.29, 1.82) is 0 Å². The monoisotopic (exact) mass is 326 g/mol. The highest BCUT2D eigenvalue weighted by atomic mass is 79.9. The molecule has 2 rings (SSSR count). The molecule has 1 amide bonds. The summed E-state index contributed by atoms with van der Waals surface area (Å²) < 4.78 is 6.46. The Morgan fingerprint density at radius 3 is 2.84 bits per heavy atom. The minimum absolute atomic E-state index is 0.436. The molecule has 1 atom stereocenters. The average Bonchev–Trinajstić information content (AvgIpc) is 3.19. The summed E-state index contributed by atoms with van der Waals surface area (Å²) in [5.41, 5.74) is 6.47. The molecule has 19 heavy (non-hydrogen) atoms. The maximum absolute atomic E-state index is 11.2. The Morgan fingerprint density at radius 2 is 2.32 bits per heavy atom. The molecule has 1 aromatic carbocycles. The van der Waals surface area contributed by atoms with Gasteiger partial charge in [0, 0.05) is 12.6 Å². The molecule has 0 spiro atoms. The molecule has 1 aliphatic rings. The number of primary amides is 1. The van der Waals surface area contributed by atoms with Crippen LogP contribution >= 0.6 is 15.9 Å². The third kappa shape index (κ3) is 4.21. The molecule has 5 heteroatoms. The largest absolute Gasteiger partial charge is 0.479 e. The van der Waals surface area contributed by atoms with Crippen LogP contribution in [-0.2, 0) is 11.3 Å². The number of ether oxygens (including phenoxy) is 1. The average molecular weight is 327 g/mol. The second kappa shape index (κ2) is 6.39. The molecular formula is C14H19BrN2O2. The molecule has 104 valence electrons. The fourth-order valence-corrected chi connectivity index (χ4v) is 2.32. The van der Waals surface area contributed by atoms with Gasteiger partial charge in [0.25, 0.3) is 5.91 Å². The summed E-state index contributed by atoms with van der Waals surface area (Å²) >= 11 is 3.47. The number of carbonyl (C=O) groups excluding carboxylic acids is 1. The predicted octanol–water partition coefficient (Wildman–Crippen LogP) is 2.34. The number of amides is 1. The summed E-state index contributed by atoms with van der Waals surface area (Å²) in [6, 6.07) is 6.58. The van der Waals surface area contributed by atoms with Gasteiger partial charge in [0.1, 0.15) is 5.75 Å². The predicted molar refractivity (Wildman–Crippen MR) is 77.9 cm³/mol. The van der Waals surface area contributed by atoms with Crippen molar-refractivity contribution in [1.82, 2.24) is 5.32 Å². The Morgan fingerprint density at radius 1 is 1.58 bits per heavy atom. The van der Waals surface area contributed by atoms with Crippen molar-refractivity contribution in [2.45, 2.75) is 44.9 Å². The van der Waals surface area contributed by atoms with Gasteiger partial charge in [0.15, 0.2) is 6.10 Å². The van der Waals surface area contributed by atoms with Gasteiger partial charge in [-0.05, 0) is 52.9 Å². The number of hydrogen-bond donors (Lipinski definition) is 2. The van der Waals surface area contributed by atoms with Gasteiger partial charge < -0.3 is 15.8 Å². The molecule has 1 aliphatic carbocycles. The lowest BCUT2D eigenvalue weighted by molar-refractivity contribution is -0.124. The summed E-state index contributed by atoms with van der Waals surface area (Å²) in [4.78, 5) is 11.2. The van der Waals surface area contributed by atoms with E-state index in [1.807, 2.05) is 25.1 Å². The number of halogens is 1. The van der Waals surface area contributed by atoms with Crippen molar-refractivity contribution in [2.75, 3.05) is 0 Å². The molecule has 1 aromatic rings. The number of benzene rings is 1. The van der Waals surface area contributed by atoms with E-state index in [1.54, 1.807) is 0 Å². The third-order valence-corrected chi connectivity index (χ3v) is 3.75. The van der Waals surface area contributed by atoms with E-state index < -0.39 is 12.0 Å². The molecule has 1 unspecified atom stereocenters. The van der Waals surface area contributed by atoms with E-state index in [2.05, 4.69) is 21.2 Å². The quantitative estimate of drug-likeness (QED) is 0.808. The van der Waals surface area contributed by atoms with Gasteiger partial charge in [0.05, 0.1) is 4.47 Å².